The Labute approximate surface area is 223 Å². The number of benzene rings is 1. The Hall–Kier alpha value is -3.56. The first-order valence-corrected chi connectivity index (χ1v) is 12.5. The lowest BCUT2D eigenvalue weighted by Crippen LogP contribution is -2.60. The summed E-state index contributed by atoms with van der Waals surface area (Å²) in [5.74, 6) is 0. The number of hydrogen-bond acceptors (Lipinski definition) is 8. The van der Waals surface area contributed by atoms with Gasteiger partial charge in [0.2, 0.25) is 0 Å². The summed E-state index contributed by atoms with van der Waals surface area (Å²) in [7, 11) is 0. The summed E-state index contributed by atoms with van der Waals surface area (Å²) < 4.78 is 0. The maximum Gasteiger partial charge on any atom is 0.323 e. The molecule has 4 N–H and O–H groups in total. The normalized spacial score (nSPS) is 15.2. The molecule has 2 aromatic heterocycles. The van der Waals surface area contributed by atoms with E-state index in [1.165, 1.54) is 11.3 Å². The highest BCUT2D eigenvalue weighted by molar-refractivity contribution is 7.19. The van der Waals surface area contributed by atoms with Crippen molar-refractivity contribution in [2.45, 2.75) is 32.4 Å². The van der Waals surface area contributed by atoms with Crippen LogP contribution in [0, 0.1) is 18.3 Å². The van der Waals surface area contributed by atoms with E-state index in [-0.39, 0.29) is 18.5 Å². The maximum atomic E-state index is 13.0. The molecule has 2 amide bonds. The number of aromatic nitrogens is 2. The van der Waals surface area contributed by atoms with Crippen LogP contribution in [-0.2, 0) is 4.79 Å². The molecule has 10 nitrogen and oxygen atoms in total. The van der Waals surface area contributed by atoms with Gasteiger partial charge in [0.1, 0.15) is 5.15 Å². The molecule has 0 aliphatic carbocycles. The zero-order valence-electron chi connectivity index (χ0n) is 20.5. The molecule has 37 heavy (non-hydrogen) atoms. The van der Waals surface area contributed by atoms with Gasteiger partial charge in [-0.1, -0.05) is 35.1 Å². The van der Waals surface area contributed by atoms with Crippen LogP contribution in [0.5, 0.6) is 0 Å². The number of urea groups is 1. The largest absolute Gasteiger partial charge is 0.483 e. The maximum absolute atomic E-state index is 13.0. The molecule has 12 heteroatoms. The summed E-state index contributed by atoms with van der Waals surface area (Å²) in [6, 6.07) is 12.5. The van der Waals surface area contributed by atoms with Crippen molar-refractivity contribution in [3.8, 4) is 27.8 Å². The van der Waals surface area contributed by atoms with E-state index in [9.17, 15) is 15.2 Å². The van der Waals surface area contributed by atoms with Crippen molar-refractivity contribution in [3.63, 3.8) is 0 Å². The number of pyridine rings is 1. The molecule has 1 fully saturated rings. The van der Waals surface area contributed by atoms with Gasteiger partial charge in [-0.25, -0.2) is 14.8 Å². The van der Waals surface area contributed by atoms with Crippen LogP contribution in [0.4, 0.5) is 9.93 Å². The van der Waals surface area contributed by atoms with Crippen LogP contribution in [0.1, 0.15) is 25.1 Å². The van der Waals surface area contributed by atoms with Gasteiger partial charge in [-0.2, -0.15) is 5.26 Å². The zero-order chi connectivity index (χ0) is 27.2. The number of rotatable bonds is 4. The number of anilines is 1. The van der Waals surface area contributed by atoms with Gasteiger partial charge in [-0.05, 0) is 50.6 Å². The average Bonchev–Trinajstić information content (AvgIpc) is 3.27. The van der Waals surface area contributed by atoms with Crippen LogP contribution in [0.25, 0.3) is 21.7 Å². The number of nitrogens with zero attached hydrogens (tertiary/aromatic N) is 4. The molecular weight excluding hydrogens is 516 g/mol. The number of nitrogens with one attached hydrogen (secondary N) is 2. The minimum atomic E-state index is -0.954. The summed E-state index contributed by atoms with van der Waals surface area (Å²) >= 11 is 7.55. The van der Waals surface area contributed by atoms with Crippen LogP contribution in [0.3, 0.4) is 0 Å². The quantitative estimate of drug-likeness (QED) is 0.285. The average molecular weight is 543 g/mol. The Morgan fingerprint density at radius 1 is 1.32 bits per heavy atom. The standard InChI is InChI=1S/C24H25ClN6O2S.CH2O2/c1-14-9-17(11-19(25)28-14)21-20(16-6-4-5-15(10-16)12-26)29-22(34-21)30-23(32)31-8-7-27-18(13-31)24(2,3)33;2-1-3/h4-6,9-11,18,27,33H,7-8,13H2,1-3H3,(H,29,30,32);1H,(H,2,3)/t18-;/m1./s1. The topological polar surface area (TPSA) is 151 Å². The third-order valence-corrected chi connectivity index (χ3v) is 6.82. The molecule has 0 radical (unpaired) electrons. The molecule has 0 bridgehead atoms. The highest BCUT2D eigenvalue weighted by atomic mass is 35.5. The Bertz CT molecular complexity index is 1300. The number of hydrogen-bond donors (Lipinski definition) is 4. The van der Waals surface area contributed by atoms with Crippen molar-refractivity contribution in [3.05, 3.63) is 52.8 Å². The number of aliphatic hydroxyl groups is 1. The van der Waals surface area contributed by atoms with Gasteiger partial charge in [-0.3, -0.25) is 10.1 Å². The predicted octanol–water partition coefficient (Wildman–Crippen LogP) is 3.98. The first kappa shape index (κ1) is 28.0. The fraction of sp³-hybridized carbons (Fsp3) is 0.320. The Balaban J connectivity index is 0.00000121. The van der Waals surface area contributed by atoms with Crippen LogP contribution in [0.2, 0.25) is 5.15 Å². The molecule has 0 spiro atoms. The summed E-state index contributed by atoms with van der Waals surface area (Å²) in [4.78, 5) is 32.8. The Morgan fingerprint density at radius 3 is 2.70 bits per heavy atom. The molecule has 3 heterocycles. The van der Waals surface area contributed by atoms with Crippen molar-refractivity contribution in [1.82, 2.24) is 20.2 Å². The van der Waals surface area contributed by atoms with E-state index in [4.69, 9.17) is 26.5 Å². The van der Waals surface area contributed by atoms with Crippen LogP contribution in [0.15, 0.2) is 36.4 Å². The van der Waals surface area contributed by atoms with Crippen LogP contribution in [-0.4, -0.2) is 68.9 Å². The summed E-state index contributed by atoms with van der Waals surface area (Å²) in [6.07, 6.45) is 0. The summed E-state index contributed by atoms with van der Waals surface area (Å²) in [6.45, 7) is 6.55. The highest BCUT2D eigenvalue weighted by Crippen LogP contribution is 2.40. The van der Waals surface area contributed by atoms with E-state index < -0.39 is 5.60 Å². The molecule has 1 saturated heterocycles. The number of nitriles is 1. The van der Waals surface area contributed by atoms with Gasteiger partial charge >= 0.3 is 6.03 Å². The lowest BCUT2D eigenvalue weighted by atomic mass is 9.97. The molecule has 1 aromatic carbocycles. The Kier molecular flexibility index (Phi) is 9.18. The van der Waals surface area contributed by atoms with Gasteiger partial charge in [0, 0.05) is 30.9 Å². The molecule has 4 rings (SSSR count). The fourth-order valence-corrected chi connectivity index (χ4v) is 5.05. The number of thiazole rings is 1. The number of carbonyl (C=O) groups excluding carboxylic acids is 1. The second-order valence-electron chi connectivity index (χ2n) is 8.85. The van der Waals surface area contributed by atoms with Gasteiger partial charge < -0.3 is 20.4 Å². The molecule has 1 aliphatic heterocycles. The molecule has 1 atom stereocenters. The third-order valence-electron chi connectivity index (χ3n) is 5.61. The van der Waals surface area contributed by atoms with Crippen molar-refractivity contribution in [1.29, 1.82) is 5.26 Å². The van der Waals surface area contributed by atoms with Crippen LogP contribution < -0.4 is 10.6 Å². The number of halogens is 1. The minimum absolute atomic E-state index is 0.231. The second-order valence-corrected chi connectivity index (χ2v) is 10.2. The summed E-state index contributed by atoms with van der Waals surface area (Å²) in [5, 5.41) is 33.5. The van der Waals surface area contributed by atoms with Crippen molar-refractivity contribution in [2.75, 3.05) is 25.0 Å². The van der Waals surface area contributed by atoms with Gasteiger partial charge in [0.15, 0.2) is 5.13 Å². The fourth-order valence-electron chi connectivity index (χ4n) is 3.84. The van der Waals surface area contributed by atoms with E-state index in [0.717, 1.165) is 21.7 Å². The number of carboxylic acid groups (broad SMARTS) is 1. The van der Waals surface area contributed by atoms with E-state index in [2.05, 4.69) is 21.7 Å². The number of carbonyl (C=O) groups is 2. The first-order valence-electron chi connectivity index (χ1n) is 11.3. The summed E-state index contributed by atoms with van der Waals surface area (Å²) in [5.41, 5.74) is 2.57. The van der Waals surface area contributed by atoms with Gasteiger partial charge in [0.05, 0.1) is 33.8 Å². The van der Waals surface area contributed by atoms with Crippen molar-refractivity contribution >= 4 is 40.6 Å². The highest BCUT2D eigenvalue weighted by Gasteiger charge is 2.33. The van der Waals surface area contributed by atoms with Crippen molar-refractivity contribution < 1.29 is 19.8 Å². The molecule has 0 unspecified atom stereocenters. The SMILES string of the molecule is Cc1cc(-c2sc(NC(=O)N3CCN[C@@H](C(C)(C)O)C3)nc2-c2cccc(C#N)c2)cc(Cl)n1.O=CO. The Morgan fingerprint density at radius 2 is 2.05 bits per heavy atom. The minimum Gasteiger partial charge on any atom is -0.483 e. The molecule has 0 saturated carbocycles. The third kappa shape index (κ3) is 7.24. The number of aryl methyl sites for hydroxylation is 1. The monoisotopic (exact) mass is 542 g/mol. The molecular formula is C25H27ClN6O4S. The smallest absolute Gasteiger partial charge is 0.323 e. The van der Waals surface area contributed by atoms with E-state index >= 15 is 0 Å². The van der Waals surface area contributed by atoms with Gasteiger partial charge in [-0.15, -0.1) is 0 Å². The number of amides is 2. The van der Waals surface area contributed by atoms with Gasteiger partial charge in [0.25, 0.3) is 6.47 Å². The van der Waals surface area contributed by atoms with Crippen LogP contribution >= 0.6 is 22.9 Å². The molecule has 3 aromatic rings. The number of piperazine rings is 1. The van der Waals surface area contributed by atoms with E-state index in [0.29, 0.717) is 41.2 Å². The first-order chi connectivity index (χ1) is 17.5. The predicted molar refractivity (Wildman–Crippen MR) is 143 cm³/mol. The zero-order valence-corrected chi connectivity index (χ0v) is 22.1. The second kappa shape index (κ2) is 12.1. The lowest BCUT2D eigenvalue weighted by molar-refractivity contribution is -0.122. The van der Waals surface area contributed by atoms with Crippen molar-refractivity contribution in [2.24, 2.45) is 0 Å². The van der Waals surface area contributed by atoms with E-state index in [1.54, 1.807) is 43.0 Å². The molecule has 194 valence electrons. The lowest BCUT2D eigenvalue weighted by Gasteiger charge is -2.39. The molecule has 1 aliphatic rings. The van der Waals surface area contributed by atoms with E-state index in [1.807, 2.05) is 19.1 Å².